The van der Waals surface area contributed by atoms with Gasteiger partial charge in [-0.25, -0.2) is 4.39 Å². The molecule has 2 aromatic rings. The van der Waals surface area contributed by atoms with Crippen molar-refractivity contribution in [3.8, 4) is 11.5 Å². The minimum atomic E-state index is -0.352. The predicted molar refractivity (Wildman–Crippen MR) is 79.9 cm³/mol. The Morgan fingerprint density at radius 2 is 1.80 bits per heavy atom. The van der Waals surface area contributed by atoms with Crippen molar-refractivity contribution in [1.82, 2.24) is 0 Å². The minimum absolute atomic E-state index is 0.249. The first kappa shape index (κ1) is 14.5. The molecule has 0 fully saturated rings. The van der Waals surface area contributed by atoms with E-state index in [0.717, 1.165) is 22.3 Å². The van der Waals surface area contributed by atoms with Gasteiger partial charge in [0.25, 0.3) is 0 Å². The van der Waals surface area contributed by atoms with Crippen LogP contribution in [0.15, 0.2) is 30.3 Å². The van der Waals surface area contributed by atoms with E-state index in [9.17, 15) is 4.39 Å². The third kappa shape index (κ3) is 3.17. The topological polar surface area (TPSA) is 35.2 Å². The van der Waals surface area contributed by atoms with Gasteiger partial charge in [0.1, 0.15) is 5.75 Å². The minimum Gasteiger partial charge on any atom is -0.454 e. The van der Waals surface area contributed by atoms with Gasteiger partial charge in [0.15, 0.2) is 11.6 Å². The van der Waals surface area contributed by atoms with Crippen LogP contribution in [0.5, 0.6) is 11.5 Å². The zero-order chi connectivity index (χ0) is 14.7. The molecule has 2 N–H and O–H groups in total. The van der Waals surface area contributed by atoms with E-state index < -0.39 is 0 Å². The Balaban J connectivity index is 2.31. The summed E-state index contributed by atoms with van der Waals surface area (Å²) in [4.78, 5) is 0. The van der Waals surface area contributed by atoms with Gasteiger partial charge in [-0.2, -0.15) is 0 Å². The highest BCUT2D eigenvalue weighted by molar-refractivity contribution is 5.45. The molecule has 0 bridgehead atoms. The van der Waals surface area contributed by atoms with Gasteiger partial charge in [0.2, 0.25) is 0 Å². The van der Waals surface area contributed by atoms with Crippen LogP contribution < -0.4 is 10.5 Å². The maximum atomic E-state index is 14.0. The van der Waals surface area contributed by atoms with Crippen molar-refractivity contribution in [3.05, 3.63) is 58.4 Å². The molecule has 0 spiro atoms. The SMILES string of the molecule is Cc1cc(C)c(C)c(Oc2ccc(CCN)cc2F)c1. The number of rotatable bonds is 4. The zero-order valence-electron chi connectivity index (χ0n) is 12.2. The number of ether oxygens (including phenoxy) is 1. The maximum absolute atomic E-state index is 14.0. The largest absolute Gasteiger partial charge is 0.454 e. The van der Waals surface area contributed by atoms with E-state index in [4.69, 9.17) is 10.5 Å². The fourth-order valence-corrected chi connectivity index (χ4v) is 2.17. The lowest BCUT2D eigenvalue weighted by Gasteiger charge is -2.13. The Morgan fingerprint density at radius 3 is 2.45 bits per heavy atom. The molecule has 20 heavy (non-hydrogen) atoms. The fraction of sp³-hybridized carbons (Fsp3) is 0.294. The quantitative estimate of drug-likeness (QED) is 0.912. The van der Waals surface area contributed by atoms with Crippen LogP contribution in [-0.4, -0.2) is 6.54 Å². The summed E-state index contributed by atoms with van der Waals surface area (Å²) in [5.41, 5.74) is 9.62. The first-order valence-corrected chi connectivity index (χ1v) is 6.75. The first-order valence-electron chi connectivity index (χ1n) is 6.75. The Morgan fingerprint density at radius 1 is 1.05 bits per heavy atom. The summed E-state index contributed by atoms with van der Waals surface area (Å²) in [6.45, 7) is 6.51. The van der Waals surface area contributed by atoms with Gasteiger partial charge in [0.05, 0.1) is 0 Å². The van der Waals surface area contributed by atoms with E-state index in [2.05, 4.69) is 6.07 Å². The molecule has 2 nitrogen and oxygen atoms in total. The predicted octanol–water partition coefficient (Wildman–Crippen LogP) is 4.04. The zero-order valence-corrected chi connectivity index (χ0v) is 12.2. The van der Waals surface area contributed by atoms with Crippen LogP contribution in [0.4, 0.5) is 4.39 Å². The van der Waals surface area contributed by atoms with Gasteiger partial charge < -0.3 is 10.5 Å². The summed E-state index contributed by atoms with van der Waals surface area (Å²) < 4.78 is 19.8. The highest BCUT2D eigenvalue weighted by Gasteiger charge is 2.09. The molecule has 0 aliphatic heterocycles. The Labute approximate surface area is 119 Å². The second-order valence-electron chi connectivity index (χ2n) is 5.11. The standard InChI is InChI=1S/C17H20FNO/c1-11-8-12(2)13(3)17(9-11)20-16-5-4-14(6-7-19)10-15(16)18/h4-5,8-10H,6-7,19H2,1-3H3. The molecule has 0 aliphatic carbocycles. The molecular formula is C17H20FNO. The third-order valence-electron chi connectivity index (χ3n) is 3.41. The van der Waals surface area contributed by atoms with E-state index in [1.165, 1.54) is 6.07 Å². The number of hydrogen-bond acceptors (Lipinski definition) is 2. The van der Waals surface area contributed by atoms with E-state index in [1.54, 1.807) is 6.07 Å². The number of aryl methyl sites for hydroxylation is 2. The smallest absolute Gasteiger partial charge is 0.165 e. The highest BCUT2D eigenvalue weighted by Crippen LogP contribution is 2.30. The van der Waals surface area contributed by atoms with Crippen LogP contribution in [0.2, 0.25) is 0 Å². The molecule has 0 radical (unpaired) electrons. The molecular weight excluding hydrogens is 253 g/mol. The molecule has 2 aromatic carbocycles. The molecule has 2 rings (SSSR count). The lowest BCUT2D eigenvalue weighted by molar-refractivity contribution is 0.438. The molecule has 0 aliphatic rings. The summed E-state index contributed by atoms with van der Waals surface area (Å²) in [5.74, 6) is 0.598. The van der Waals surface area contributed by atoms with Crippen molar-refractivity contribution in [2.24, 2.45) is 5.73 Å². The molecule has 0 aromatic heterocycles. The van der Waals surface area contributed by atoms with Crippen LogP contribution in [-0.2, 0) is 6.42 Å². The maximum Gasteiger partial charge on any atom is 0.165 e. The average Bonchev–Trinajstić information content (AvgIpc) is 2.38. The summed E-state index contributed by atoms with van der Waals surface area (Å²) >= 11 is 0. The van der Waals surface area contributed by atoms with Crippen molar-refractivity contribution in [2.45, 2.75) is 27.2 Å². The number of nitrogens with two attached hydrogens (primary N) is 1. The van der Waals surface area contributed by atoms with Gasteiger partial charge >= 0.3 is 0 Å². The van der Waals surface area contributed by atoms with Gasteiger partial charge in [-0.15, -0.1) is 0 Å². The van der Waals surface area contributed by atoms with Crippen molar-refractivity contribution in [3.63, 3.8) is 0 Å². The fourth-order valence-electron chi connectivity index (χ4n) is 2.17. The van der Waals surface area contributed by atoms with Gasteiger partial charge in [-0.3, -0.25) is 0 Å². The number of benzene rings is 2. The Kier molecular flexibility index (Phi) is 4.40. The first-order chi connectivity index (χ1) is 9.51. The summed E-state index contributed by atoms with van der Waals surface area (Å²) in [6.07, 6.45) is 0.666. The summed E-state index contributed by atoms with van der Waals surface area (Å²) in [5, 5.41) is 0. The second kappa shape index (κ2) is 6.06. The normalized spacial score (nSPS) is 10.7. The molecule has 106 valence electrons. The van der Waals surface area contributed by atoms with Gasteiger partial charge in [0, 0.05) is 0 Å². The number of hydrogen-bond donors (Lipinski definition) is 1. The van der Waals surface area contributed by atoms with Crippen LogP contribution >= 0.6 is 0 Å². The average molecular weight is 273 g/mol. The van der Waals surface area contributed by atoms with Gasteiger partial charge in [-0.1, -0.05) is 12.1 Å². The van der Waals surface area contributed by atoms with Gasteiger partial charge in [-0.05, 0) is 74.2 Å². The molecule has 3 heteroatoms. The highest BCUT2D eigenvalue weighted by atomic mass is 19.1. The van der Waals surface area contributed by atoms with E-state index in [-0.39, 0.29) is 11.6 Å². The van der Waals surface area contributed by atoms with E-state index in [0.29, 0.717) is 18.7 Å². The molecule has 0 heterocycles. The second-order valence-corrected chi connectivity index (χ2v) is 5.11. The van der Waals surface area contributed by atoms with Crippen LogP contribution in [0.25, 0.3) is 0 Å². The molecule has 0 atom stereocenters. The third-order valence-corrected chi connectivity index (χ3v) is 3.41. The monoisotopic (exact) mass is 273 g/mol. The lowest BCUT2D eigenvalue weighted by atomic mass is 10.1. The summed E-state index contributed by atoms with van der Waals surface area (Å²) in [6, 6.07) is 9.01. The molecule has 0 saturated heterocycles. The van der Waals surface area contributed by atoms with Crippen molar-refractivity contribution in [2.75, 3.05) is 6.54 Å². The summed E-state index contributed by atoms with van der Waals surface area (Å²) in [7, 11) is 0. The lowest BCUT2D eigenvalue weighted by Crippen LogP contribution is -2.03. The Hall–Kier alpha value is -1.87. The van der Waals surface area contributed by atoms with Crippen molar-refractivity contribution >= 4 is 0 Å². The molecule has 0 saturated carbocycles. The molecule has 0 unspecified atom stereocenters. The van der Waals surface area contributed by atoms with Crippen LogP contribution in [0.1, 0.15) is 22.3 Å². The van der Waals surface area contributed by atoms with E-state index >= 15 is 0 Å². The van der Waals surface area contributed by atoms with Crippen molar-refractivity contribution < 1.29 is 9.13 Å². The van der Waals surface area contributed by atoms with Crippen LogP contribution in [0.3, 0.4) is 0 Å². The number of halogens is 1. The van der Waals surface area contributed by atoms with Crippen LogP contribution in [0, 0.1) is 26.6 Å². The molecule has 0 amide bonds. The Bertz CT molecular complexity index is 623. The van der Waals surface area contributed by atoms with E-state index in [1.807, 2.05) is 32.9 Å². The van der Waals surface area contributed by atoms with Crippen molar-refractivity contribution in [1.29, 1.82) is 0 Å².